The smallest absolute Gasteiger partial charge is 0.445 e. The summed E-state index contributed by atoms with van der Waals surface area (Å²) in [6.45, 7) is -1.38. The van der Waals surface area contributed by atoms with Crippen LogP contribution in [0.2, 0.25) is 0 Å². The van der Waals surface area contributed by atoms with Crippen LogP contribution in [0, 0.1) is 0 Å². The molecule has 0 aliphatic carbocycles. The van der Waals surface area contributed by atoms with E-state index in [-0.39, 0.29) is 5.98 Å². The largest absolute Gasteiger partial charge is 0.502 e. The second kappa shape index (κ2) is 4.13. The molecule has 1 rings (SSSR count). The predicted octanol–water partition coefficient (Wildman–Crippen LogP) is 3.12. The Kier molecular flexibility index (Phi) is 3.12. The Bertz CT molecular complexity index is 357. The Labute approximate surface area is 80.0 Å². The van der Waals surface area contributed by atoms with Gasteiger partial charge in [0.25, 0.3) is 0 Å². The Morgan fingerprint density at radius 3 is 2.43 bits per heavy atom. The zero-order valence-corrected chi connectivity index (χ0v) is 7.33. The first-order chi connectivity index (χ1) is 6.51. The lowest BCUT2D eigenvalue weighted by molar-refractivity contribution is 0.499. The summed E-state index contributed by atoms with van der Waals surface area (Å²) in [6.07, 6.45) is 5.43. The monoisotopic (exact) mass is 198 g/mol. The Morgan fingerprint density at radius 1 is 1.21 bits per heavy atom. The molecule has 1 aromatic rings. The minimum absolute atomic E-state index is 0.240. The molecule has 0 N–H and O–H groups in total. The molecular formula is C9H8BF3N-. The van der Waals surface area contributed by atoms with Crippen molar-refractivity contribution in [2.75, 3.05) is 0 Å². The highest BCUT2D eigenvalue weighted by atomic mass is 19.4. The highest BCUT2D eigenvalue weighted by Crippen LogP contribution is 2.13. The molecule has 0 saturated heterocycles. The molecule has 0 atom stereocenters. The summed E-state index contributed by atoms with van der Waals surface area (Å²) >= 11 is 0. The Morgan fingerprint density at radius 2 is 1.86 bits per heavy atom. The molecule has 0 spiro atoms. The number of hydrogen-bond donors (Lipinski definition) is 0. The van der Waals surface area contributed by atoms with E-state index in [1.54, 1.807) is 6.07 Å². The molecule has 14 heavy (non-hydrogen) atoms. The molecule has 5 heteroatoms. The molecule has 0 unspecified atom stereocenters. The lowest BCUT2D eigenvalue weighted by Crippen LogP contribution is -2.09. The third-order valence-corrected chi connectivity index (χ3v) is 1.52. The summed E-state index contributed by atoms with van der Waals surface area (Å²) in [5, 5.41) is 0. The van der Waals surface area contributed by atoms with Crippen LogP contribution in [0.4, 0.5) is 12.9 Å². The van der Waals surface area contributed by atoms with Crippen LogP contribution in [-0.2, 0) is 0 Å². The maximum absolute atomic E-state index is 11.9. The molecule has 0 amide bonds. The summed E-state index contributed by atoms with van der Waals surface area (Å²) in [5.74, 6) is 0.240. The third kappa shape index (κ3) is 3.47. The maximum atomic E-state index is 11.9. The van der Waals surface area contributed by atoms with Gasteiger partial charge < -0.3 is 12.9 Å². The van der Waals surface area contributed by atoms with Gasteiger partial charge in [-0.05, 0) is 17.2 Å². The molecule has 0 aliphatic rings. The van der Waals surface area contributed by atoms with Crippen molar-refractivity contribution in [1.29, 1.82) is 0 Å². The fourth-order valence-electron chi connectivity index (χ4n) is 0.899. The van der Waals surface area contributed by atoms with Gasteiger partial charge in [-0.3, -0.25) is 4.98 Å². The van der Waals surface area contributed by atoms with Gasteiger partial charge in [0.05, 0.1) is 0 Å². The van der Waals surface area contributed by atoms with Crippen LogP contribution in [0.5, 0.6) is 0 Å². The van der Waals surface area contributed by atoms with Gasteiger partial charge in [0.1, 0.15) is 0 Å². The van der Waals surface area contributed by atoms with E-state index in [0.717, 1.165) is 6.08 Å². The van der Waals surface area contributed by atoms with Crippen molar-refractivity contribution >= 4 is 19.1 Å². The lowest BCUT2D eigenvalue weighted by atomic mass is 9.91. The number of rotatable bonds is 3. The van der Waals surface area contributed by atoms with Gasteiger partial charge in [-0.1, -0.05) is 18.7 Å². The zero-order valence-electron chi connectivity index (χ0n) is 7.33. The van der Waals surface area contributed by atoms with Gasteiger partial charge in [0.15, 0.2) is 0 Å². The van der Waals surface area contributed by atoms with Crippen molar-refractivity contribution in [3.63, 3.8) is 0 Å². The summed E-state index contributed by atoms with van der Waals surface area (Å²) < 4.78 is 35.6. The summed E-state index contributed by atoms with van der Waals surface area (Å²) in [7, 11) is 0. The second-order valence-corrected chi connectivity index (χ2v) is 2.74. The molecule has 1 heterocycles. The number of hydrogen-bond acceptors (Lipinski definition) is 1. The topological polar surface area (TPSA) is 12.9 Å². The zero-order chi connectivity index (χ0) is 10.6. The van der Waals surface area contributed by atoms with E-state index in [1.165, 1.54) is 18.5 Å². The first kappa shape index (κ1) is 10.6. The van der Waals surface area contributed by atoms with Crippen LogP contribution in [-0.4, -0.2) is 12.0 Å². The van der Waals surface area contributed by atoms with Gasteiger partial charge in [0.2, 0.25) is 0 Å². The van der Waals surface area contributed by atoms with Gasteiger partial charge in [-0.15, -0.1) is 5.98 Å². The number of halogens is 3. The first-order valence-corrected chi connectivity index (χ1v) is 3.98. The molecule has 74 valence electrons. The molecule has 0 bridgehead atoms. The summed E-state index contributed by atoms with van der Waals surface area (Å²) in [6, 6.07) is 1.58. The van der Waals surface area contributed by atoms with E-state index in [9.17, 15) is 12.9 Å². The van der Waals surface area contributed by atoms with E-state index in [1.807, 2.05) is 0 Å². The highest BCUT2D eigenvalue weighted by Gasteiger charge is 2.16. The van der Waals surface area contributed by atoms with E-state index >= 15 is 0 Å². The van der Waals surface area contributed by atoms with Crippen molar-refractivity contribution < 1.29 is 12.9 Å². The number of aromatic nitrogens is 1. The van der Waals surface area contributed by atoms with Crippen LogP contribution in [0.1, 0.15) is 11.1 Å². The van der Waals surface area contributed by atoms with Crippen LogP contribution in [0.3, 0.4) is 0 Å². The fourth-order valence-corrected chi connectivity index (χ4v) is 0.899. The van der Waals surface area contributed by atoms with Crippen molar-refractivity contribution in [2.24, 2.45) is 0 Å². The molecule has 0 saturated carbocycles. The van der Waals surface area contributed by atoms with Gasteiger partial charge in [-0.25, -0.2) is 0 Å². The summed E-state index contributed by atoms with van der Waals surface area (Å²) in [4.78, 5) is 3.77. The average Bonchev–Trinajstić information content (AvgIpc) is 2.14. The average molecular weight is 198 g/mol. The quantitative estimate of drug-likeness (QED) is 0.679. The molecular weight excluding hydrogens is 190 g/mol. The van der Waals surface area contributed by atoms with Crippen LogP contribution in [0.15, 0.2) is 31.0 Å². The van der Waals surface area contributed by atoms with E-state index in [2.05, 4.69) is 11.6 Å². The maximum Gasteiger partial charge on any atom is 0.502 e. The molecule has 0 radical (unpaired) electrons. The molecule has 0 fully saturated rings. The van der Waals surface area contributed by atoms with Crippen LogP contribution in [0.25, 0.3) is 12.2 Å². The van der Waals surface area contributed by atoms with Gasteiger partial charge >= 0.3 is 6.98 Å². The third-order valence-electron chi connectivity index (χ3n) is 1.52. The minimum atomic E-state index is -4.88. The lowest BCUT2D eigenvalue weighted by Gasteiger charge is -2.06. The van der Waals surface area contributed by atoms with E-state index in [4.69, 9.17) is 0 Å². The van der Waals surface area contributed by atoms with Crippen LogP contribution >= 0.6 is 0 Å². The standard InChI is InChI=1S/C9H8BF3N/c1-2-8-5-9(7-14-6-8)3-4-10(11,12)13/h2-7H,1H2/q-1/b4-3+. The van der Waals surface area contributed by atoms with Crippen molar-refractivity contribution in [1.82, 2.24) is 4.98 Å². The predicted molar refractivity (Wildman–Crippen MR) is 52.4 cm³/mol. The van der Waals surface area contributed by atoms with E-state index in [0.29, 0.717) is 11.1 Å². The normalized spacial score (nSPS) is 11.9. The first-order valence-electron chi connectivity index (χ1n) is 3.98. The fraction of sp³-hybridized carbons (Fsp3) is 0. The Balaban J connectivity index is 2.87. The second-order valence-electron chi connectivity index (χ2n) is 2.74. The SMILES string of the molecule is C=Cc1cncc(/C=C/[B-](F)(F)F)c1. The van der Waals surface area contributed by atoms with E-state index < -0.39 is 6.98 Å². The van der Waals surface area contributed by atoms with Crippen molar-refractivity contribution in [2.45, 2.75) is 0 Å². The number of pyridine rings is 1. The van der Waals surface area contributed by atoms with Crippen molar-refractivity contribution in [3.8, 4) is 0 Å². The highest BCUT2D eigenvalue weighted by molar-refractivity contribution is 6.64. The van der Waals surface area contributed by atoms with Crippen LogP contribution < -0.4 is 0 Å². The molecule has 0 aliphatic heterocycles. The van der Waals surface area contributed by atoms with Gasteiger partial charge in [-0.2, -0.15) is 0 Å². The Hall–Kier alpha value is -1.52. The minimum Gasteiger partial charge on any atom is -0.445 e. The molecule has 1 nitrogen and oxygen atoms in total. The van der Waals surface area contributed by atoms with Gasteiger partial charge in [0, 0.05) is 12.4 Å². The molecule has 0 aromatic carbocycles. The van der Waals surface area contributed by atoms with Crippen molar-refractivity contribution in [3.05, 3.63) is 42.1 Å². The summed E-state index contributed by atoms with van der Waals surface area (Å²) in [5.41, 5.74) is 1.11. The number of nitrogens with zero attached hydrogens (tertiary/aromatic N) is 1. The molecule has 1 aromatic heterocycles.